The van der Waals surface area contributed by atoms with Gasteiger partial charge in [-0.25, -0.2) is 9.29 Å². The van der Waals surface area contributed by atoms with Crippen LogP contribution in [0.2, 0.25) is 0 Å². The van der Waals surface area contributed by atoms with E-state index in [1.165, 1.54) is 12.1 Å². The van der Waals surface area contributed by atoms with E-state index in [1.807, 2.05) is 6.92 Å². The summed E-state index contributed by atoms with van der Waals surface area (Å²) in [6, 6.07) is 17.4. The van der Waals surface area contributed by atoms with Crippen LogP contribution in [0.1, 0.15) is 31.8 Å². The van der Waals surface area contributed by atoms with Crippen molar-refractivity contribution in [3.8, 4) is 0 Å². The number of hydrogen-bond acceptors (Lipinski definition) is 3. The SMILES string of the molecule is Cc1ccc(N2C(=O)c3ccccc3C2=O)cc1NC(=O)Cc1ccc(F)cc1. The third-order valence-electron chi connectivity index (χ3n) is 4.83. The Morgan fingerprint density at radius 3 is 2.17 bits per heavy atom. The number of aryl methyl sites for hydroxylation is 1. The van der Waals surface area contributed by atoms with Gasteiger partial charge in [0.05, 0.1) is 23.2 Å². The Bertz CT molecular complexity index is 1100. The van der Waals surface area contributed by atoms with Gasteiger partial charge in [-0.05, 0) is 54.4 Å². The van der Waals surface area contributed by atoms with E-state index in [-0.39, 0.29) is 18.1 Å². The number of amides is 3. The highest BCUT2D eigenvalue weighted by atomic mass is 19.1. The fourth-order valence-corrected chi connectivity index (χ4v) is 3.29. The molecule has 4 rings (SSSR count). The zero-order valence-corrected chi connectivity index (χ0v) is 15.6. The van der Waals surface area contributed by atoms with Crippen molar-refractivity contribution in [2.75, 3.05) is 10.2 Å². The van der Waals surface area contributed by atoms with Crippen molar-refractivity contribution < 1.29 is 18.8 Å². The quantitative estimate of drug-likeness (QED) is 0.684. The van der Waals surface area contributed by atoms with Crippen molar-refractivity contribution in [3.63, 3.8) is 0 Å². The van der Waals surface area contributed by atoms with Crippen molar-refractivity contribution in [1.29, 1.82) is 0 Å². The van der Waals surface area contributed by atoms with Gasteiger partial charge in [-0.2, -0.15) is 0 Å². The molecule has 1 N–H and O–H groups in total. The van der Waals surface area contributed by atoms with Crippen molar-refractivity contribution in [1.82, 2.24) is 0 Å². The lowest BCUT2D eigenvalue weighted by Gasteiger charge is -2.17. The van der Waals surface area contributed by atoms with Gasteiger partial charge in [-0.15, -0.1) is 0 Å². The Labute approximate surface area is 166 Å². The number of carbonyl (C=O) groups is 3. The van der Waals surface area contributed by atoms with E-state index in [4.69, 9.17) is 0 Å². The number of rotatable bonds is 4. The Hall–Kier alpha value is -3.80. The van der Waals surface area contributed by atoms with Gasteiger partial charge in [-0.3, -0.25) is 14.4 Å². The number of benzene rings is 3. The number of anilines is 2. The van der Waals surface area contributed by atoms with Crippen LogP contribution in [-0.4, -0.2) is 17.7 Å². The summed E-state index contributed by atoms with van der Waals surface area (Å²) in [4.78, 5) is 38.9. The number of nitrogens with one attached hydrogen (secondary N) is 1. The van der Waals surface area contributed by atoms with Gasteiger partial charge in [0.1, 0.15) is 5.82 Å². The summed E-state index contributed by atoms with van der Waals surface area (Å²) < 4.78 is 13.0. The molecule has 1 heterocycles. The predicted octanol–water partition coefficient (Wildman–Crippen LogP) is 4.12. The molecule has 5 nitrogen and oxygen atoms in total. The summed E-state index contributed by atoms with van der Waals surface area (Å²) in [5.41, 5.74) is 3.08. The van der Waals surface area contributed by atoms with Crippen LogP contribution in [0.4, 0.5) is 15.8 Å². The number of imide groups is 1. The lowest BCUT2D eigenvalue weighted by Crippen LogP contribution is -2.29. The smallest absolute Gasteiger partial charge is 0.266 e. The molecular weight excluding hydrogens is 371 g/mol. The Kier molecular flexibility index (Phi) is 4.68. The van der Waals surface area contributed by atoms with Crippen LogP contribution in [0.5, 0.6) is 0 Å². The molecule has 0 fully saturated rings. The molecule has 1 aliphatic rings. The second-order valence-corrected chi connectivity index (χ2v) is 6.84. The molecule has 0 aromatic heterocycles. The second kappa shape index (κ2) is 7.31. The normalized spacial score (nSPS) is 12.8. The topological polar surface area (TPSA) is 66.5 Å². The first-order valence-corrected chi connectivity index (χ1v) is 9.07. The van der Waals surface area contributed by atoms with Crippen molar-refractivity contribution >= 4 is 29.1 Å². The first-order chi connectivity index (χ1) is 13.9. The van der Waals surface area contributed by atoms with E-state index >= 15 is 0 Å². The molecule has 6 heteroatoms. The lowest BCUT2D eigenvalue weighted by molar-refractivity contribution is -0.115. The first-order valence-electron chi connectivity index (χ1n) is 9.07. The average Bonchev–Trinajstić information content (AvgIpc) is 2.96. The van der Waals surface area contributed by atoms with Crippen molar-refractivity contribution in [2.45, 2.75) is 13.3 Å². The van der Waals surface area contributed by atoms with Gasteiger partial charge in [0.25, 0.3) is 11.8 Å². The molecule has 0 saturated heterocycles. The van der Waals surface area contributed by atoms with Gasteiger partial charge in [0, 0.05) is 5.69 Å². The van der Waals surface area contributed by atoms with Gasteiger partial charge < -0.3 is 5.32 Å². The van der Waals surface area contributed by atoms with Gasteiger partial charge >= 0.3 is 0 Å². The van der Waals surface area contributed by atoms with Crippen LogP contribution in [0.25, 0.3) is 0 Å². The molecule has 3 aromatic carbocycles. The van der Waals surface area contributed by atoms with Crippen LogP contribution in [-0.2, 0) is 11.2 Å². The number of hydrogen-bond donors (Lipinski definition) is 1. The summed E-state index contributed by atoms with van der Waals surface area (Å²) in [6.45, 7) is 1.82. The van der Waals surface area contributed by atoms with E-state index in [9.17, 15) is 18.8 Å². The fraction of sp³-hybridized carbons (Fsp3) is 0.0870. The van der Waals surface area contributed by atoms with Crippen LogP contribution in [0.3, 0.4) is 0 Å². The molecule has 0 spiro atoms. The van der Waals surface area contributed by atoms with E-state index in [2.05, 4.69) is 5.32 Å². The monoisotopic (exact) mass is 388 g/mol. The van der Waals surface area contributed by atoms with Gasteiger partial charge in [0.2, 0.25) is 5.91 Å². The van der Waals surface area contributed by atoms with Crippen LogP contribution in [0, 0.1) is 12.7 Å². The molecule has 0 unspecified atom stereocenters. The highest BCUT2D eigenvalue weighted by Gasteiger charge is 2.36. The maximum Gasteiger partial charge on any atom is 0.266 e. The number of fused-ring (bicyclic) bond motifs is 1. The number of carbonyl (C=O) groups excluding carboxylic acids is 3. The largest absolute Gasteiger partial charge is 0.325 e. The third-order valence-corrected chi connectivity index (χ3v) is 4.83. The molecule has 0 saturated carbocycles. The lowest BCUT2D eigenvalue weighted by atomic mass is 10.1. The van der Waals surface area contributed by atoms with Gasteiger partial charge in [-0.1, -0.05) is 30.3 Å². The van der Waals surface area contributed by atoms with Crippen molar-refractivity contribution in [3.05, 3.63) is 94.8 Å². The maximum absolute atomic E-state index is 13.0. The summed E-state index contributed by atoms with van der Waals surface area (Å²) in [6.07, 6.45) is 0.0803. The Morgan fingerprint density at radius 2 is 1.55 bits per heavy atom. The number of nitrogens with zero attached hydrogens (tertiary/aromatic N) is 1. The zero-order chi connectivity index (χ0) is 20.5. The fourth-order valence-electron chi connectivity index (χ4n) is 3.29. The predicted molar refractivity (Wildman–Crippen MR) is 107 cm³/mol. The Morgan fingerprint density at radius 1 is 0.931 bits per heavy atom. The molecule has 0 bridgehead atoms. The summed E-state index contributed by atoms with van der Waals surface area (Å²) in [7, 11) is 0. The summed E-state index contributed by atoms with van der Waals surface area (Å²) in [5, 5.41) is 2.81. The highest BCUT2D eigenvalue weighted by Crippen LogP contribution is 2.31. The molecular formula is C23H17FN2O3. The molecule has 1 aliphatic heterocycles. The molecule has 144 valence electrons. The first kappa shape index (κ1) is 18.6. The van der Waals surface area contributed by atoms with Crippen LogP contribution >= 0.6 is 0 Å². The molecule has 0 aliphatic carbocycles. The van der Waals surface area contributed by atoms with Crippen molar-refractivity contribution in [2.24, 2.45) is 0 Å². The molecule has 3 amide bonds. The van der Waals surface area contributed by atoms with E-state index in [0.29, 0.717) is 28.1 Å². The molecule has 0 radical (unpaired) electrons. The van der Waals surface area contributed by atoms with E-state index < -0.39 is 11.8 Å². The minimum atomic E-state index is -0.391. The van der Waals surface area contributed by atoms with E-state index in [1.54, 1.807) is 54.6 Å². The van der Waals surface area contributed by atoms with E-state index in [0.717, 1.165) is 10.5 Å². The van der Waals surface area contributed by atoms with Crippen LogP contribution in [0.15, 0.2) is 66.7 Å². The minimum absolute atomic E-state index is 0.0803. The minimum Gasteiger partial charge on any atom is -0.325 e. The Balaban J connectivity index is 1.57. The maximum atomic E-state index is 13.0. The third kappa shape index (κ3) is 3.52. The zero-order valence-electron chi connectivity index (χ0n) is 15.6. The average molecular weight is 388 g/mol. The summed E-state index contributed by atoms with van der Waals surface area (Å²) >= 11 is 0. The molecule has 0 atom stereocenters. The standard InChI is InChI=1S/C23H17FN2O3/c1-14-6-11-17(26-22(28)18-4-2-3-5-19(18)23(26)29)13-20(14)25-21(27)12-15-7-9-16(24)10-8-15/h2-11,13H,12H2,1H3,(H,25,27). The molecule has 29 heavy (non-hydrogen) atoms. The highest BCUT2D eigenvalue weighted by molar-refractivity contribution is 6.34. The van der Waals surface area contributed by atoms with Crippen LogP contribution < -0.4 is 10.2 Å². The van der Waals surface area contributed by atoms with Gasteiger partial charge in [0.15, 0.2) is 0 Å². The number of halogens is 1. The summed E-state index contributed by atoms with van der Waals surface area (Å²) in [5.74, 6) is -1.42. The molecule has 3 aromatic rings. The second-order valence-electron chi connectivity index (χ2n) is 6.84.